The number of unbranched alkanes of at least 4 members (excludes halogenated alkanes) is 1. The number of carbonyl (C=O) groups excluding carboxylic acids is 1. The molecular weight excluding hydrogens is 461 g/mol. The summed E-state index contributed by atoms with van der Waals surface area (Å²) in [6.45, 7) is 4.35. The number of carbonyl (C=O) groups is 1. The molecule has 2 aliphatic heterocycles. The van der Waals surface area contributed by atoms with Crippen molar-refractivity contribution in [3.8, 4) is 0 Å². The zero-order valence-electron chi connectivity index (χ0n) is 16.8. The number of nitrogens with one attached hydrogen (secondary N) is 1. The summed E-state index contributed by atoms with van der Waals surface area (Å²) in [7, 11) is 3.25. The third-order valence-corrected chi connectivity index (χ3v) is 5.06. The largest absolute Gasteiger partial charge is 0.469 e. The minimum absolute atomic E-state index is 0. The van der Waals surface area contributed by atoms with Gasteiger partial charge in [-0.2, -0.15) is 0 Å². The molecule has 0 aromatic rings. The Kier molecular flexibility index (Phi) is 13.0. The van der Waals surface area contributed by atoms with Crippen LogP contribution in [0.2, 0.25) is 0 Å². The summed E-state index contributed by atoms with van der Waals surface area (Å²) in [5.74, 6) is 0.798. The Labute approximate surface area is 180 Å². The van der Waals surface area contributed by atoms with Gasteiger partial charge in [0.05, 0.1) is 25.9 Å². The van der Waals surface area contributed by atoms with Gasteiger partial charge >= 0.3 is 5.97 Å². The van der Waals surface area contributed by atoms with Gasteiger partial charge in [-0.05, 0) is 44.9 Å². The molecule has 158 valence electrons. The predicted molar refractivity (Wildman–Crippen MR) is 117 cm³/mol. The van der Waals surface area contributed by atoms with Crippen molar-refractivity contribution in [3.63, 3.8) is 0 Å². The molecule has 2 saturated heterocycles. The molecule has 2 rings (SSSR count). The van der Waals surface area contributed by atoms with Gasteiger partial charge in [-0.1, -0.05) is 0 Å². The number of ether oxygens (including phenoxy) is 3. The minimum atomic E-state index is -0.143. The fraction of sp³-hybridized carbons (Fsp3) is 0.895. The van der Waals surface area contributed by atoms with Crippen LogP contribution in [0.1, 0.15) is 51.4 Å². The van der Waals surface area contributed by atoms with Crippen LogP contribution in [0.4, 0.5) is 0 Å². The van der Waals surface area contributed by atoms with Crippen LogP contribution in [-0.2, 0) is 19.0 Å². The highest BCUT2D eigenvalue weighted by molar-refractivity contribution is 14.0. The summed E-state index contributed by atoms with van der Waals surface area (Å²) >= 11 is 0. The van der Waals surface area contributed by atoms with Gasteiger partial charge in [-0.25, -0.2) is 0 Å². The molecule has 0 bridgehead atoms. The second-order valence-corrected chi connectivity index (χ2v) is 7.02. The third-order valence-electron chi connectivity index (χ3n) is 5.06. The van der Waals surface area contributed by atoms with Crippen molar-refractivity contribution in [1.29, 1.82) is 0 Å². The third kappa shape index (κ3) is 9.43. The molecular formula is C19H36IN3O4. The molecule has 1 unspecified atom stereocenters. The van der Waals surface area contributed by atoms with Crippen molar-refractivity contribution in [1.82, 2.24) is 10.2 Å². The lowest BCUT2D eigenvalue weighted by atomic mass is 10.1. The maximum Gasteiger partial charge on any atom is 0.305 e. The number of aliphatic imine (C=N–C) groups is 1. The van der Waals surface area contributed by atoms with E-state index in [1.165, 1.54) is 20.0 Å². The van der Waals surface area contributed by atoms with Crippen LogP contribution in [0.25, 0.3) is 0 Å². The number of nitrogens with zero attached hydrogens (tertiary/aromatic N) is 2. The maximum atomic E-state index is 11.1. The molecule has 0 aliphatic carbocycles. The summed E-state index contributed by atoms with van der Waals surface area (Å²) in [5, 5.41) is 3.39. The standard InChI is InChI=1S/C19H35N3O4.HI/c1-20-19(21-11-5-3-8-18(23)24-2)22-12-9-16(10-13-22)26-15-17-7-4-6-14-25-17;/h16-17H,3-15H2,1-2H3,(H,20,21);1H. The Morgan fingerprint density at radius 2 is 2.00 bits per heavy atom. The van der Waals surface area contributed by atoms with E-state index in [2.05, 4.69) is 19.9 Å². The molecule has 2 fully saturated rings. The second-order valence-electron chi connectivity index (χ2n) is 7.02. The molecule has 2 aliphatic rings. The molecule has 27 heavy (non-hydrogen) atoms. The lowest BCUT2D eigenvalue weighted by Crippen LogP contribution is -2.47. The number of piperidine rings is 1. The van der Waals surface area contributed by atoms with Crippen molar-refractivity contribution >= 4 is 35.9 Å². The molecule has 7 nitrogen and oxygen atoms in total. The van der Waals surface area contributed by atoms with Gasteiger partial charge in [0, 0.05) is 39.7 Å². The first kappa shape index (κ1) is 24.4. The summed E-state index contributed by atoms with van der Waals surface area (Å²) < 4.78 is 16.5. The van der Waals surface area contributed by atoms with Gasteiger partial charge in [0.1, 0.15) is 0 Å². The average Bonchev–Trinajstić information content (AvgIpc) is 2.70. The number of likely N-dealkylation sites (tertiary alicyclic amines) is 1. The molecule has 0 saturated carbocycles. The number of rotatable bonds is 8. The van der Waals surface area contributed by atoms with E-state index in [9.17, 15) is 4.79 Å². The fourth-order valence-electron chi connectivity index (χ4n) is 3.45. The number of guanidine groups is 1. The van der Waals surface area contributed by atoms with Crippen LogP contribution in [0.3, 0.4) is 0 Å². The van der Waals surface area contributed by atoms with Gasteiger partial charge < -0.3 is 24.4 Å². The van der Waals surface area contributed by atoms with Gasteiger partial charge in [-0.3, -0.25) is 9.79 Å². The Hall–Kier alpha value is -0.610. The van der Waals surface area contributed by atoms with E-state index in [1.807, 2.05) is 7.05 Å². The Balaban J connectivity index is 0.00000364. The normalized spacial score (nSPS) is 21.5. The summed E-state index contributed by atoms with van der Waals surface area (Å²) in [5.41, 5.74) is 0. The number of halogens is 1. The van der Waals surface area contributed by atoms with Crippen molar-refractivity contribution in [2.24, 2.45) is 4.99 Å². The van der Waals surface area contributed by atoms with Crippen molar-refractivity contribution in [2.45, 2.75) is 63.6 Å². The molecule has 1 N–H and O–H groups in total. The number of hydrogen-bond acceptors (Lipinski definition) is 5. The molecule has 0 amide bonds. The molecule has 8 heteroatoms. The highest BCUT2D eigenvalue weighted by Crippen LogP contribution is 2.17. The molecule has 0 aromatic carbocycles. The topological polar surface area (TPSA) is 72.4 Å². The molecule has 1 atom stereocenters. The van der Waals surface area contributed by atoms with E-state index >= 15 is 0 Å². The van der Waals surface area contributed by atoms with Crippen LogP contribution >= 0.6 is 24.0 Å². The zero-order valence-corrected chi connectivity index (χ0v) is 19.1. The van der Waals surface area contributed by atoms with Crippen LogP contribution < -0.4 is 5.32 Å². The average molecular weight is 497 g/mol. The van der Waals surface area contributed by atoms with E-state index in [1.54, 1.807) is 0 Å². The van der Waals surface area contributed by atoms with Gasteiger partial charge in [-0.15, -0.1) is 24.0 Å². The van der Waals surface area contributed by atoms with Crippen LogP contribution in [0.5, 0.6) is 0 Å². The van der Waals surface area contributed by atoms with Crippen LogP contribution in [0, 0.1) is 0 Å². The highest BCUT2D eigenvalue weighted by Gasteiger charge is 2.23. The van der Waals surface area contributed by atoms with E-state index < -0.39 is 0 Å². The SMILES string of the molecule is CN=C(NCCCCC(=O)OC)N1CCC(OCC2CCCCO2)CC1.I. The van der Waals surface area contributed by atoms with E-state index in [0.717, 1.165) is 70.9 Å². The van der Waals surface area contributed by atoms with E-state index in [0.29, 0.717) is 18.6 Å². The minimum Gasteiger partial charge on any atom is -0.469 e. The monoisotopic (exact) mass is 497 g/mol. The highest BCUT2D eigenvalue weighted by atomic mass is 127. The Morgan fingerprint density at radius 3 is 2.63 bits per heavy atom. The van der Waals surface area contributed by atoms with E-state index in [-0.39, 0.29) is 29.9 Å². The first-order valence-electron chi connectivity index (χ1n) is 9.98. The zero-order chi connectivity index (χ0) is 18.6. The summed E-state index contributed by atoms with van der Waals surface area (Å²) in [6.07, 6.45) is 8.47. The van der Waals surface area contributed by atoms with Crippen molar-refractivity contribution in [2.75, 3.05) is 47.0 Å². The van der Waals surface area contributed by atoms with Crippen LogP contribution in [0.15, 0.2) is 4.99 Å². The number of esters is 1. The number of methoxy groups -OCH3 is 1. The quantitative estimate of drug-likeness (QED) is 0.183. The van der Waals surface area contributed by atoms with Crippen molar-refractivity contribution < 1.29 is 19.0 Å². The van der Waals surface area contributed by atoms with Gasteiger partial charge in [0.15, 0.2) is 5.96 Å². The van der Waals surface area contributed by atoms with Gasteiger partial charge in [0.2, 0.25) is 0 Å². The fourth-order valence-corrected chi connectivity index (χ4v) is 3.45. The van der Waals surface area contributed by atoms with Crippen molar-refractivity contribution in [3.05, 3.63) is 0 Å². The molecule has 0 aromatic heterocycles. The van der Waals surface area contributed by atoms with Crippen LogP contribution in [-0.4, -0.2) is 76.0 Å². The first-order valence-corrected chi connectivity index (χ1v) is 9.98. The first-order chi connectivity index (χ1) is 12.7. The lowest BCUT2D eigenvalue weighted by molar-refractivity contribution is -0.140. The molecule has 0 radical (unpaired) electrons. The summed E-state index contributed by atoms with van der Waals surface area (Å²) in [4.78, 5) is 17.8. The lowest BCUT2D eigenvalue weighted by Gasteiger charge is -2.35. The Bertz CT molecular complexity index is 437. The maximum absolute atomic E-state index is 11.1. The summed E-state index contributed by atoms with van der Waals surface area (Å²) in [6, 6.07) is 0. The second kappa shape index (κ2) is 14.4. The van der Waals surface area contributed by atoms with Gasteiger partial charge in [0.25, 0.3) is 0 Å². The smallest absolute Gasteiger partial charge is 0.305 e. The number of hydrogen-bond donors (Lipinski definition) is 1. The predicted octanol–water partition coefficient (Wildman–Crippen LogP) is 2.57. The molecule has 0 spiro atoms. The Morgan fingerprint density at radius 1 is 1.22 bits per heavy atom. The van der Waals surface area contributed by atoms with E-state index in [4.69, 9.17) is 9.47 Å². The molecule has 2 heterocycles.